The molecule has 0 unspecified atom stereocenters. The molecule has 0 bridgehead atoms. The average molecular weight is 163 g/mol. The molecule has 0 aromatic carbocycles. The lowest BCUT2D eigenvalue weighted by Crippen LogP contribution is -1.93. The molecule has 58 valence electrons. The summed E-state index contributed by atoms with van der Waals surface area (Å²) in [4.78, 5) is 10.4. The molecule has 0 fully saturated rings. The zero-order valence-corrected chi connectivity index (χ0v) is 6.73. The number of halogens is 1. The number of esters is 1. The van der Waals surface area contributed by atoms with Crippen molar-refractivity contribution in [3.63, 3.8) is 0 Å². The minimum atomic E-state index is -0.311. The molecule has 0 radical (unpaired) electrons. The molecule has 0 N–H and O–H groups in total. The fourth-order valence-corrected chi connectivity index (χ4v) is 0.597. The van der Waals surface area contributed by atoms with Gasteiger partial charge in [-0.05, 0) is 12.8 Å². The van der Waals surface area contributed by atoms with Crippen molar-refractivity contribution in [3.05, 3.63) is 12.2 Å². The summed E-state index contributed by atoms with van der Waals surface area (Å²) in [6.45, 7) is 0. The van der Waals surface area contributed by atoms with Crippen molar-refractivity contribution in [2.45, 2.75) is 12.8 Å². The van der Waals surface area contributed by atoms with Crippen molar-refractivity contribution in [2.75, 3.05) is 13.0 Å². The van der Waals surface area contributed by atoms with Gasteiger partial charge in [-0.1, -0.05) is 6.08 Å². The lowest BCUT2D eigenvalue weighted by Gasteiger charge is -1.88. The Kier molecular flexibility index (Phi) is 6.29. The van der Waals surface area contributed by atoms with Gasteiger partial charge in [-0.25, -0.2) is 4.79 Å². The van der Waals surface area contributed by atoms with Crippen LogP contribution in [0.15, 0.2) is 12.2 Å². The fraction of sp³-hybridized carbons (Fsp3) is 0.571. The minimum absolute atomic E-state index is 0.311. The third-order valence-corrected chi connectivity index (χ3v) is 1.23. The molecule has 0 saturated carbocycles. The summed E-state index contributed by atoms with van der Waals surface area (Å²) in [6, 6.07) is 0. The van der Waals surface area contributed by atoms with Gasteiger partial charge in [0.25, 0.3) is 0 Å². The first-order valence-electron chi connectivity index (χ1n) is 3.11. The fourth-order valence-electron chi connectivity index (χ4n) is 0.443. The molecule has 10 heavy (non-hydrogen) atoms. The van der Waals surface area contributed by atoms with Gasteiger partial charge < -0.3 is 4.74 Å². The van der Waals surface area contributed by atoms with Gasteiger partial charge in [0, 0.05) is 12.0 Å². The summed E-state index contributed by atoms with van der Waals surface area (Å²) in [5.74, 6) is 0.320. The van der Waals surface area contributed by atoms with E-state index in [0.717, 1.165) is 12.8 Å². The minimum Gasteiger partial charge on any atom is -0.466 e. The normalized spacial score (nSPS) is 10.2. The zero-order chi connectivity index (χ0) is 7.82. The van der Waals surface area contributed by atoms with Gasteiger partial charge in [-0.2, -0.15) is 0 Å². The number of allylic oxidation sites excluding steroid dienone is 1. The van der Waals surface area contributed by atoms with Crippen molar-refractivity contribution >= 4 is 17.6 Å². The third-order valence-electron chi connectivity index (χ3n) is 0.960. The SMILES string of the molecule is COC(=O)/C=C\CCCCl. The van der Waals surface area contributed by atoms with Gasteiger partial charge in [0.15, 0.2) is 0 Å². The second-order valence-corrected chi connectivity index (χ2v) is 2.13. The number of rotatable bonds is 4. The van der Waals surface area contributed by atoms with Crippen LogP contribution in [0.3, 0.4) is 0 Å². The van der Waals surface area contributed by atoms with Gasteiger partial charge >= 0.3 is 5.97 Å². The van der Waals surface area contributed by atoms with E-state index in [2.05, 4.69) is 4.74 Å². The van der Waals surface area contributed by atoms with E-state index in [9.17, 15) is 4.79 Å². The number of carbonyl (C=O) groups excluding carboxylic acids is 1. The maximum atomic E-state index is 10.4. The van der Waals surface area contributed by atoms with Gasteiger partial charge in [0.1, 0.15) is 0 Å². The highest BCUT2D eigenvalue weighted by molar-refractivity contribution is 6.17. The highest BCUT2D eigenvalue weighted by Crippen LogP contribution is 1.93. The van der Waals surface area contributed by atoms with Gasteiger partial charge in [-0.15, -0.1) is 11.6 Å². The summed E-state index contributed by atoms with van der Waals surface area (Å²) in [5, 5.41) is 0. The summed E-state index contributed by atoms with van der Waals surface area (Å²) in [6.07, 6.45) is 4.90. The van der Waals surface area contributed by atoms with Crippen LogP contribution in [0.1, 0.15) is 12.8 Å². The Labute approximate surface area is 65.8 Å². The lowest BCUT2D eigenvalue weighted by molar-refractivity contribution is -0.134. The molecule has 0 aliphatic carbocycles. The molecule has 0 aliphatic rings. The molecule has 0 aliphatic heterocycles. The first kappa shape index (κ1) is 9.50. The van der Waals surface area contributed by atoms with Crippen LogP contribution in [0.2, 0.25) is 0 Å². The van der Waals surface area contributed by atoms with Crippen molar-refractivity contribution in [1.82, 2.24) is 0 Å². The van der Waals surface area contributed by atoms with E-state index in [1.807, 2.05) is 0 Å². The van der Waals surface area contributed by atoms with Gasteiger partial charge in [0.2, 0.25) is 0 Å². The van der Waals surface area contributed by atoms with E-state index in [4.69, 9.17) is 11.6 Å². The molecule has 0 aromatic heterocycles. The summed E-state index contributed by atoms with van der Waals surface area (Å²) < 4.78 is 4.37. The summed E-state index contributed by atoms with van der Waals surface area (Å²) >= 11 is 5.40. The Hall–Kier alpha value is -0.500. The number of unbranched alkanes of at least 4 members (excludes halogenated alkanes) is 1. The molecule has 0 aromatic rings. The first-order valence-corrected chi connectivity index (χ1v) is 3.65. The molecule has 3 heteroatoms. The van der Waals surface area contributed by atoms with Crippen LogP contribution < -0.4 is 0 Å². The number of methoxy groups -OCH3 is 1. The van der Waals surface area contributed by atoms with Gasteiger partial charge in [0.05, 0.1) is 7.11 Å². The van der Waals surface area contributed by atoms with E-state index in [1.54, 1.807) is 6.08 Å². The van der Waals surface area contributed by atoms with E-state index in [1.165, 1.54) is 13.2 Å². The molecule has 0 atom stereocenters. The lowest BCUT2D eigenvalue weighted by atomic mass is 10.3. The quantitative estimate of drug-likeness (QED) is 0.272. The molecule has 0 amide bonds. The Morgan fingerprint density at radius 1 is 1.70 bits per heavy atom. The molecule has 0 heterocycles. The van der Waals surface area contributed by atoms with Crippen LogP contribution in [0.25, 0.3) is 0 Å². The van der Waals surface area contributed by atoms with E-state index >= 15 is 0 Å². The molecule has 0 saturated heterocycles. The van der Waals surface area contributed by atoms with Crippen molar-refractivity contribution in [3.8, 4) is 0 Å². The average Bonchev–Trinajstić information content (AvgIpc) is 1.98. The summed E-state index contributed by atoms with van der Waals surface area (Å²) in [5.41, 5.74) is 0. The van der Waals surface area contributed by atoms with Crippen LogP contribution in [0, 0.1) is 0 Å². The highest BCUT2D eigenvalue weighted by Gasteiger charge is 1.88. The monoisotopic (exact) mass is 162 g/mol. The standard InChI is InChI=1S/C7H11ClO2/c1-10-7(9)5-3-2-4-6-8/h3,5H,2,4,6H2,1H3/b5-3-. The van der Waals surface area contributed by atoms with Crippen LogP contribution in [0.5, 0.6) is 0 Å². The smallest absolute Gasteiger partial charge is 0.330 e. The van der Waals surface area contributed by atoms with E-state index < -0.39 is 0 Å². The highest BCUT2D eigenvalue weighted by atomic mass is 35.5. The Morgan fingerprint density at radius 3 is 2.90 bits per heavy atom. The topological polar surface area (TPSA) is 26.3 Å². The van der Waals surface area contributed by atoms with Crippen LogP contribution in [-0.4, -0.2) is 19.0 Å². The third kappa shape index (κ3) is 5.63. The second-order valence-electron chi connectivity index (χ2n) is 1.76. The molecule has 0 rings (SSSR count). The number of alkyl halides is 1. The number of hydrogen-bond donors (Lipinski definition) is 0. The Balaban J connectivity index is 3.27. The van der Waals surface area contributed by atoms with Crippen molar-refractivity contribution < 1.29 is 9.53 Å². The molecular formula is C7H11ClO2. The largest absolute Gasteiger partial charge is 0.466 e. The second kappa shape index (κ2) is 6.62. The number of hydrogen-bond acceptors (Lipinski definition) is 2. The first-order chi connectivity index (χ1) is 4.81. The maximum Gasteiger partial charge on any atom is 0.330 e. The molecule has 2 nitrogen and oxygen atoms in total. The van der Waals surface area contributed by atoms with Crippen LogP contribution in [0.4, 0.5) is 0 Å². The Morgan fingerprint density at radius 2 is 2.40 bits per heavy atom. The van der Waals surface area contributed by atoms with Crippen molar-refractivity contribution in [1.29, 1.82) is 0 Å². The van der Waals surface area contributed by atoms with Crippen LogP contribution in [-0.2, 0) is 9.53 Å². The Bertz CT molecular complexity index is 121. The van der Waals surface area contributed by atoms with Gasteiger partial charge in [-0.3, -0.25) is 0 Å². The maximum absolute atomic E-state index is 10.4. The summed E-state index contributed by atoms with van der Waals surface area (Å²) in [7, 11) is 1.36. The van der Waals surface area contributed by atoms with Crippen LogP contribution >= 0.6 is 11.6 Å². The predicted molar refractivity (Wildman–Crippen MR) is 41.1 cm³/mol. The number of ether oxygens (including phenoxy) is 1. The number of carbonyl (C=O) groups is 1. The molecule has 0 spiro atoms. The van der Waals surface area contributed by atoms with E-state index in [0.29, 0.717) is 5.88 Å². The van der Waals surface area contributed by atoms with E-state index in [-0.39, 0.29) is 5.97 Å². The zero-order valence-electron chi connectivity index (χ0n) is 5.97. The van der Waals surface area contributed by atoms with Crippen molar-refractivity contribution in [2.24, 2.45) is 0 Å². The molecular weight excluding hydrogens is 152 g/mol. The predicted octanol–water partition coefficient (Wildman–Crippen LogP) is 1.73.